The van der Waals surface area contributed by atoms with Crippen molar-refractivity contribution >= 4 is 5.78 Å². The zero-order valence-corrected chi connectivity index (χ0v) is 15.0. The second kappa shape index (κ2) is 6.25. The maximum Gasteiger partial charge on any atom is 0.242 e. The number of ketones is 1. The number of hydrogen-bond donors (Lipinski definition) is 0. The van der Waals surface area contributed by atoms with Crippen molar-refractivity contribution in [3.8, 4) is 17.2 Å². The van der Waals surface area contributed by atoms with Crippen LogP contribution in [0, 0.1) is 0 Å². The average molecular weight is 368 g/mol. The van der Waals surface area contributed by atoms with Crippen molar-refractivity contribution in [2.45, 2.75) is 37.4 Å². The summed E-state index contributed by atoms with van der Waals surface area (Å²) in [4.78, 5) is 13.1. The van der Waals surface area contributed by atoms with Gasteiger partial charge >= 0.3 is 0 Å². The predicted molar refractivity (Wildman–Crippen MR) is 95.2 cm³/mol. The Morgan fingerprint density at radius 3 is 2.63 bits per heavy atom. The third kappa shape index (κ3) is 2.67. The molecule has 0 N–H and O–H groups in total. The summed E-state index contributed by atoms with van der Waals surface area (Å²) in [5.74, 6) is 1.74. The number of epoxide rings is 1. The fourth-order valence-corrected chi connectivity index (χ4v) is 3.71. The first-order valence-corrected chi connectivity index (χ1v) is 9.17. The lowest BCUT2D eigenvalue weighted by Crippen LogP contribution is -2.32. The largest absolute Gasteiger partial charge is 0.497 e. The zero-order valence-electron chi connectivity index (χ0n) is 15.0. The smallest absolute Gasteiger partial charge is 0.242 e. The Kier molecular flexibility index (Phi) is 3.84. The number of Topliss-reactive ketones (excluding diaryl/α,β-unsaturated/α-hetero) is 1. The van der Waals surface area contributed by atoms with Crippen LogP contribution in [0.2, 0.25) is 0 Å². The molecule has 0 spiro atoms. The van der Waals surface area contributed by atoms with Gasteiger partial charge in [-0.15, -0.1) is 0 Å². The standard InChI is InChI=1S/C21H20O6/c1-23-14-7-5-13(6-8-14)21-19(22)16-10-9-15(12-17(16)26-20(21)27-21)25-18-4-2-3-11-24-18/h5-10,12,18,20H,2-4,11H2,1H3/t18-,20-,21-/m1/s1. The molecule has 2 aromatic rings. The molecule has 0 unspecified atom stereocenters. The topological polar surface area (TPSA) is 66.5 Å². The van der Waals surface area contributed by atoms with E-state index in [1.54, 1.807) is 25.3 Å². The van der Waals surface area contributed by atoms with E-state index in [2.05, 4.69) is 0 Å². The molecule has 3 aliphatic heterocycles. The van der Waals surface area contributed by atoms with E-state index in [-0.39, 0.29) is 12.1 Å². The van der Waals surface area contributed by atoms with E-state index in [0.717, 1.165) is 30.6 Å². The summed E-state index contributed by atoms with van der Waals surface area (Å²) in [6.45, 7) is 0.713. The van der Waals surface area contributed by atoms with Gasteiger partial charge in [0.2, 0.25) is 17.7 Å². The molecule has 0 bridgehead atoms. The first-order chi connectivity index (χ1) is 13.2. The van der Waals surface area contributed by atoms with Crippen LogP contribution in [-0.4, -0.2) is 32.1 Å². The van der Waals surface area contributed by atoms with Gasteiger partial charge in [-0.1, -0.05) is 12.1 Å². The third-order valence-electron chi connectivity index (χ3n) is 5.26. The van der Waals surface area contributed by atoms with Crippen molar-refractivity contribution in [3.05, 3.63) is 53.6 Å². The minimum Gasteiger partial charge on any atom is -0.497 e. The third-order valence-corrected chi connectivity index (χ3v) is 5.26. The molecule has 2 fully saturated rings. The highest BCUT2D eigenvalue weighted by molar-refractivity contribution is 6.08. The SMILES string of the molecule is COc1ccc([C@]23O[C@H]2Oc2cc(O[C@@H]4CCCCO4)ccc2C3=O)cc1. The molecule has 3 aliphatic rings. The highest BCUT2D eigenvalue weighted by Gasteiger charge is 2.69. The molecule has 2 aromatic carbocycles. The second-order valence-corrected chi connectivity index (χ2v) is 6.93. The van der Waals surface area contributed by atoms with Gasteiger partial charge in [-0.3, -0.25) is 4.79 Å². The Morgan fingerprint density at radius 1 is 1.07 bits per heavy atom. The van der Waals surface area contributed by atoms with Gasteiger partial charge in [0.05, 0.1) is 19.3 Å². The number of fused-ring (bicyclic) bond motifs is 2. The van der Waals surface area contributed by atoms with Crippen LogP contribution in [0.15, 0.2) is 42.5 Å². The zero-order chi connectivity index (χ0) is 18.4. The first-order valence-electron chi connectivity index (χ1n) is 9.17. The molecule has 3 atom stereocenters. The Morgan fingerprint density at radius 2 is 1.89 bits per heavy atom. The van der Waals surface area contributed by atoms with Crippen LogP contribution in [0.3, 0.4) is 0 Å². The van der Waals surface area contributed by atoms with Crippen molar-refractivity contribution < 1.29 is 28.5 Å². The highest BCUT2D eigenvalue weighted by Crippen LogP contribution is 2.54. The van der Waals surface area contributed by atoms with E-state index >= 15 is 0 Å². The van der Waals surface area contributed by atoms with E-state index in [1.165, 1.54) is 0 Å². The van der Waals surface area contributed by atoms with E-state index in [9.17, 15) is 4.79 Å². The van der Waals surface area contributed by atoms with Gasteiger partial charge in [0.1, 0.15) is 17.2 Å². The summed E-state index contributed by atoms with van der Waals surface area (Å²) in [7, 11) is 1.60. The van der Waals surface area contributed by atoms with Crippen molar-refractivity contribution in [1.82, 2.24) is 0 Å². The monoisotopic (exact) mass is 368 g/mol. The average Bonchev–Trinajstić information content (AvgIpc) is 3.44. The molecule has 2 saturated heterocycles. The van der Waals surface area contributed by atoms with Gasteiger partial charge in [0.15, 0.2) is 6.29 Å². The number of benzene rings is 2. The molecule has 27 heavy (non-hydrogen) atoms. The van der Waals surface area contributed by atoms with Gasteiger partial charge < -0.3 is 23.7 Å². The van der Waals surface area contributed by atoms with Gasteiger partial charge in [-0.2, -0.15) is 0 Å². The minimum atomic E-state index is -1.06. The highest BCUT2D eigenvalue weighted by atomic mass is 16.8. The lowest BCUT2D eigenvalue weighted by molar-refractivity contribution is -0.105. The fraction of sp³-hybridized carbons (Fsp3) is 0.381. The van der Waals surface area contributed by atoms with Crippen LogP contribution in [-0.2, 0) is 15.1 Å². The summed E-state index contributed by atoms with van der Waals surface area (Å²) in [5, 5.41) is 0. The maximum atomic E-state index is 13.1. The van der Waals surface area contributed by atoms with Gasteiger partial charge in [-0.05, 0) is 42.7 Å². The molecular weight excluding hydrogens is 348 g/mol. The quantitative estimate of drug-likeness (QED) is 0.771. The Labute approximate surface area is 156 Å². The van der Waals surface area contributed by atoms with E-state index < -0.39 is 11.9 Å². The van der Waals surface area contributed by atoms with Crippen molar-refractivity contribution in [1.29, 1.82) is 0 Å². The molecule has 0 aromatic heterocycles. The van der Waals surface area contributed by atoms with E-state index in [1.807, 2.05) is 24.3 Å². The molecule has 0 radical (unpaired) electrons. The van der Waals surface area contributed by atoms with Crippen LogP contribution in [0.4, 0.5) is 0 Å². The van der Waals surface area contributed by atoms with Crippen molar-refractivity contribution in [2.75, 3.05) is 13.7 Å². The van der Waals surface area contributed by atoms with Gasteiger partial charge in [0, 0.05) is 12.5 Å². The minimum absolute atomic E-state index is 0.0978. The lowest BCUT2D eigenvalue weighted by atomic mass is 9.88. The second-order valence-electron chi connectivity index (χ2n) is 6.93. The molecule has 0 amide bonds. The van der Waals surface area contributed by atoms with Crippen LogP contribution in [0.25, 0.3) is 0 Å². The lowest BCUT2D eigenvalue weighted by Gasteiger charge is -2.25. The first kappa shape index (κ1) is 16.6. The molecule has 3 heterocycles. The normalized spacial score (nSPS) is 28.6. The molecule has 5 rings (SSSR count). The van der Waals surface area contributed by atoms with E-state index in [4.69, 9.17) is 23.7 Å². The number of carbonyl (C=O) groups is 1. The molecular formula is C21H20O6. The fourth-order valence-electron chi connectivity index (χ4n) is 3.71. The summed E-state index contributed by atoms with van der Waals surface area (Å²) in [6, 6.07) is 12.6. The number of hydrogen-bond acceptors (Lipinski definition) is 6. The van der Waals surface area contributed by atoms with Crippen LogP contribution >= 0.6 is 0 Å². The Hall–Kier alpha value is -2.57. The molecule has 6 heteroatoms. The summed E-state index contributed by atoms with van der Waals surface area (Å²) in [6.07, 6.45) is 2.15. The Bertz CT molecular complexity index is 871. The number of rotatable bonds is 4. The molecule has 6 nitrogen and oxygen atoms in total. The van der Waals surface area contributed by atoms with Crippen molar-refractivity contribution in [2.24, 2.45) is 0 Å². The number of ether oxygens (including phenoxy) is 5. The molecule has 140 valence electrons. The number of carbonyl (C=O) groups excluding carboxylic acids is 1. The summed E-state index contributed by atoms with van der Waals surface area (Å²) in [5.41, 5.74) is 0.199. The summed E-state index contributed by atoms with van der Waals surface area (Å²) < 4.78 is 28.3. The Balaban J connectivity index is 1.40. The molecule has 0 saturated carbocycles. The van der Waals surface area contributed by atoms with Crippen molar-refractivity contribution in [3.63, 3.8) is 0 Å². The van der Waals surface area contributed by atoms with Crippen LogP contribution in [0.5, 0.6) is 17.2 Å². The summed E-state index contributed by atoms with van der Waals surface area (Å²) >= 11 is 0. The van der Waals surface area contributed by atoms with Crippen LogP contribution < -0.4 is 14.2 Å². The van der Waals surface area contributed by atoms with Gasteiger partial charge in [-0.25, -0.2) is 0 Å². The predicted octanol–water partition coefficient (Wildman–Crippen LogP) is 3.43. The number of methoxy groups -OCH3 is 1. The van der Waals surface area contributed by atoms with E-state index in [0.29, 0.717) is 23.7 Å². The van der Waals surface area contributed by atoms with Gasteiger partial charge in [0.25, 0.3) is 0 Å². The molecule has 0 aliphatic carbocycles. The maximum absolute atomic E-state index is 13.1. The van der Waals surface area contributed by atoms with Crippen LogP contribution in [0.1, 0.15) is 35.2 Å².